The van der Waals surface area contributed by atoms with E-state index in [1.54, 1.807) is 25.1 Å². The number of carbonyl (C=O) groups is 1. The van der Waals surface area contributed by atoms with Crippen LogP contribution in [0.25, 0.3) is 22.2 Å². The number of H-pyrrole nitrogens is 1. The molecule has 262 valence electrons. The molecular formula is C32H30F4N8O5S. The van der Waals surface area contributed by atoms with Crippen LogP contribution in [-0.2, 0) is 26.0 Å². The van der Waals surface area contributed by atoms with Crippen LogP contribution in [0, 0.1) is 12.7 Å². The normalized spacial score (nSPS) is 15.2. The zero-order valence-corrected chi connectivity index (χ0v) is 27.1. The minimum absolute atomic E-state index is 0.0289. The van der Waals surface area contributed by atoms with E-state index in [1.165, 1.54) is 24.3 Å². The molecule has 0 spiro atoms. The molecule has 18 heteroatoms. The van der Waals surface area contributed by atoms with Crippen molar-refractivity contribution in [1.29, 1.82) is 0 Å². The van der Waals surface area contributed by atoms with E-state index in [-0.39, 0.29) is 32.6 Å². The van der Waals surface area contributed by atoms with Crippen molar-refractivity contribution >= 4 is 38.3 Å². The number of pyridine rings is 2. The number of nitrogens with zero attached hydrogens (tertiary/aromatic N) is 4. The number of hydrogen-bond acceptors (Lipinski definition) is 11. The summed E-state index contributed by atoms with van der Waals surface area (Å²) in [6.07, 6.45) is -5.19. The number of aromatic amines is 1. The summed E-state index contributed by atoms with van der Waals surface area (Å²) in [5.41, 5.74) is 11.3. The van der Waals surface area contributed by atoms with E-state index in [0.29, 0.717) is 49.8 Å². The van der Waals surface area contributed by atoms with Crippen LogP contribution in [-0.4, -0.2) is 72.1 Å². The van der Waals surface area contributed by atoms with Gasteiger partial charge in [0.25, 0.3) is 5.91 Å². The number of alkyl halides is 3. The Morgan fingerprint density at radius 1 is 1.12 bits per heavy atom. The fraction of sp³-hybridized carbons (Fsp3) is 0.250. The first-order chi connectivity index (χ1) is 23.6. The second-order valence-electron chi connectivity index (χ2n) is 11.6. The van der Waals surface area contributed by atoms with Gasteiger partial charge in [0.1, 0.15) is 11.6 Å². The number of fused-ring (bicyclic) bond motifs is 1. The van der Waals surface area contributed by atoms with E-state index < -0.39 is 62.0 Å². The molecule has 1 atom stereocenters. The smallest absolute Gasteiger partial charge is 0.393 e. The highest BCUT2D eigenvalue weighted by Crippen LogP contribution is 2.39. The van der Waals surface area contributed by atoms with Crippen LogP contribution < -0.4 is 21.7 Å². The summed E-state index contributed by atoms with van der Waals surface area (Å²) in [7, 11) is -4.70. The molecule has 1 amide bonds. The zero-order valence-electron chi connectivity index (χ0n) is 26.3. The molecule has 0 saturated carbocycles. The molecule has 1 saturated heterocycles. The number of nitrogens with two attached hydrogens (primary N) is 2. The number of sulfone groups is 1. The Balaban J connectivity index is 1.56. The molecule has 6 rings (SSSR count). The molecule has 7 N–H and O–H groups in total. The molecule has 1 unspecified atom stereocenters. The monoisotopic (exact) mass is 714 g/mol. The third-order valence-corrected chi connectivity index (χ3v) is 10.3. The highest BCUT2D eigenvalue weighted by molar-refractivity contribution is 7.92. The average molecular weight is 715 g/mol. The lowest BCUT2D eigenvalue weighted by Crippen LogP contribution is -2.52. The molecule has 2 aromatic carbocycles. The maximum absolute atomic E-state index is 14.7. The number of anilines is 2. The van der Waals surface area contributed by atoms with Crippen LogP contribution in [0.3, 0.4) is 0 Å². The first-order valence-electron chi connectivity index (χ1n) is 15.0. The maximum atomic E-state index is 14.7. The van der Waals surface area contributed by atoms with E-state index in [9.17, 15) is 35.9 Å². The Morgan fingerprint density at radius 3 is 2.48 bits per heavy atom. The maximum Gasteiger partial charge on any atom is 0.393 e. The number of rotatable bonds is 9. The minimum atomic E-state index is -4.77. The molecule has 13 nitrogen and oxygen atoms in total. The second kappa shape index (κ2) is 12.8. The Kier molecular flexibility index (Phi) is 8.87. The Labute approximate surface area is 282 Å². The second-order valence-corrected chi connectivity index (χ2v) is 13.7. The summed E-state index contributed by atoms with van der Waals surface area (Å²) in [5.74, 6) is -3.24. The standard InChI is InChI=1S/C32H30F4N8O5S/c1-17-4-2-3-5-21(17)32(38,50(47,48)19-6-7-26(39-16-19)44-8-10-49-11-9-44)41-30-27-24(42-43-28(27)29(37)46)14-23(40-30)20-13-22(33)25(45)12-18(20)15-31(34,35)36/h2-7,12-14,16,45H,8-11,15,38H2,1H3,(H2,37,46)(H,40,41)(H,42,43). The Morgan fingerprint density at radius 2 is 1.84 bits per heavy atom. The number of benzene rings is 2. The minimum Gasteiger partial charge on any atom is -0.505 e. The summed E-state index contributed by atoms with van der Waals surface area (Å²) >= 11 is 0. The fourth-order valence-corrected chi connectivity index (χ4v) is 7.36. The number of aromatic nitrogens is 4. The molecule has 50 heavy (non-hydrogen) atoms. The van der Waals surface area contributed by atoms with Crippen molar-refractivity contribution in [2.24, 2.45) is 11.5 Å². The predicted octanol–water partition coefficient (Wildman–Crippen LogP) is 3.87. The summed E-state index contributed by atoms with van der Waals surface area (Å²) in [6.45, 7) is 3.65. The van der Waals surface area contributed by atoms with Crippen LogP contribution in [0.1, 0.15) is 27.2 Å². The average Bonchev–Trinajstić information content (AvgIpc) is 3.51. The molecule has 1 aliphatic heterocycles. The van der Waals surface area contributed by atoms with Gasteiger partial charge in [0.15, 0.2) is 17.3 Å². The number of aromatic hydroxyl groups is 1. The highest BCUT2D eigenvalue weighted by atomic mass is 32.2. The van der Waals surface area contributed by atoms with Crippen LogP contribution in [0.2, 0.25) is 0 Å². The molecule has 5 aromatic rings. The van der Waals surface area contributed by atoms with Crippen LogP contribution in [0.15, 0.2) is 65.7 Å². The van der Waals surface area contributed by atoms with Crippen molar-refractivity contribution in [3.05, 3.63) is 89.0 Å². The molecule has 4 heterocycles. The van der Waals surface area contributed by atoms with E-state index in [4.69, 9.17) is 16.2 Å². The SMILES string of the molecule is Cc1ccccc1C(N)(Nc1nc(-c2cc(F)c(O)cc2CC(F)(F)F)cc2[nH]nc(C(N)=O)c12)S(=O)(=O)c1ccc(N2CCOCC2)nc1. The largest absolute Gasteiger partial charge is 0.505 e. The lowest BCUT2D eigenvalue weighted by molar-refractivity contribution is -0.127. The predicted molar refractivity (Wildman–Crippen MR) is 174 cm³/mol. The first kappa shape index (κ1) is 34.5. The summed E-state index contributed by atoms with van der Waals surface area (Å²) < 4.78 is 90.1. The third kappa shape index (κ3) is 6.39. The fourth-order valence-electron chi connectivity index (χ4n) is 5.80. The first-order valence-corrected chi connectivity index (χ1v) is 16.5. The molecule has 0 radical (unpaired) electrons. The van der Waals surface area contributed by atoms with Gasteiger partial charge in [-0.1, -0.05) is 24.3 Å². The van der Waals surface area contributed by atoms with Gasteiger partial charge in [-0.25, -0.2) is 22.8 Å². The quantitative estimate of drug-likeness (QED) is 0.110. The van der Waals surface area contributed by atoms with Crippen LogP contribution in [0.4, 0.5) is 29.2 Å². The van der Waals surface area contributed by atoms with Crippen molar-refractivity contribution in [3.63, 3.8) is 0 Å². The Hall–Kier alpha value is -5.33. The van der Waals surface area contributed by atoms with Gasteiger partial charge < -0.3 is 25.8 Å². The van der Waals surface area contributed by atoms with Crippen molar-refractivity contribution in [3.8, 4) is 17.0 Å². The molecule has 0 bridgehead atoms. The summed E-state index contributed by atoms with van der Waals surface area (Å²) in [6, 6.07) is 11.6. The van der Waals surface area contributed by atoms with E-state index in [2.05, 4.69) is 25.5 Å². The number of primary amides is 1. The van der Waals surface area contributed by atoms with Gasteiger partial charge in [-0.05, 0) is 48.4 Å². The van der Waals surface area contributed by atoms with Gasteiger partial charge >= 0.3 is 6.18 Å². The van der Waals surface area contributed by atoms with Gasteiger partial charge in [0, 0.05) is 30.4 Å². The van der Waals surface area contributed by atoms with Crippen LogP contribution in [0.5, 0.6) is 5.75 Å². The number of amides is 1. The topological polar surface area (TPSA) is 202 Å². The molecule has 0 aliphatic carbocycles. The summed E-state index contributed by atoms with van der Waals surface area (Å²) in [4.78, 5) is 20.3. The Bertz CT molecular complexity index is 2210. The number of morpholine rings is 1. The van der Waals surface area contributed by atoms with Crippen molar-refractivity contribution < 1.29 is 40.6 Å². The van der Waals surface area contributed by atoms with E-state index >= 15 is 0 Å². The number of hydrogen-bond donors (Lipinski definition) is 5. The number of aryl methyl sites for hydroxylation is 1. The van der Waals surface area contributed by atoms with Gasteiger partial charge in [0.05, 0.1) is 41.1 Å². The number of phenolic OH excluding ortho intramolecular Hbond substituents is 1. The summed E-state index contributed by atoms with van der Waals surface area (Å²) in [5, 5.41) is 19.0. The molecule has 1 fully saturated rings. The lowest BCUT2D eigenvalue weighted by atomic mass is 9.99. The van der Waals surface area contributed by atoms with Gasteiger partial charge in [-0.2, -0.15) is 18.3 Å². The highest BCUT2D eigenvalue weighted by Gasteiger charge is 2.45. The van der Waals surface area contributed by atoms with Gasteiger partial charge in [-0.3, -0.25) is 15.6 Å². The number of phenols is 1. The van der Waals surface area contributed by atoms with Crippen LogP contribution >= 0.6 is 0 Å². The van der Waals surface area contributed by atoms with Crippen molar-refractivity contribution in [2.45, 2.75) is 29.4 Å². The molecule has 1 aliphatic rings. The van der Waals surface area contributed by atoms with Crippen molar-refractivity contribution in [2.75, 3.05) is 36.5 Å². The van der Waals surface area contributed by atoms with Gasteiger partial charge in [0.2, 0.25) is 14.8 Å². The van der Waals surface area contributed by atoms with Crippen molar-refractivity contribution in [1.82, 2.24) is 20.2 Å². The van der Waals surface area contributed by atoms with E-state index in [1.807, 2.05) is 4.90 Å². The number of ether oxygens (including phenoxy) is 1. The van der Waals surface area contributed by atoms with Gasteiger partial charge in [-0.15, -0.1) is 0 Å². The number of carbonyl (C=O) groups excluding carboxylic acids is 1. The molecule has 3 aromatic heterocycles. The number of halogens is 4. The number of nitrogens with one attached hydrogen (secondary N) is 2. The molecular weight excluding hydrogens is 684 g/mol. The lowest BCUT2D eigenvalue weighted by Gasteiger charge is -2.33. The zero-order chi connectivity index (χ0) is 36.0. The third-order valence-electron chi connectivity index (χ3n) is 8.26. The van der Waals surface area contributed by atoms with E-state index in [0.717, 1.165) is 6.20 Å².